The van der Waals surface area contributed by atoms with E-state index in [-0.39, 0.29) is 11.9 Å². The molecular weight excluding hydrogens is 455 g/mol. The molecule has 1 N–H and O–H groups in total. The molecule has 33 heavy (non-hydrogen) atoms. The van der Waals surface area contributed by atoms with Gasteiger partial charge in [0.05, 0.1) is 11.0 Å². The standard InChI is InChI=1S/C26H26Cl2N4O/c1-2-7-24(26(33)30-15-13-20-8-5-6-14-29-20)32-23-10-4-3-9-22(23)31-25(32)16-18-11-12-19(27)17-21(18)28/h3-6,8-12,14,17,24H,2,7,13,15-16H2,1H3,(H,30,33)/t24-/m1/s1. The van der Waals surface area contributed by atoms with Crippen molar-refractivity contribution in [2.75, 3.05) is 6.54 Å². The number of carbonyl (C=O) groups excluding carboxylic acids is 1. The van der Waals surface area contributed by atoms with E-state index in [9.17, 15) is 4.79 Å². The van der Waals surface area contributed by atoms with Crippen LogP contribution in [0, 0.1) is 0 Å². The van der Waals surface area contributed by atoms with Crippen molar-refractivity contribution >= 4 is 40.1 Å². The first-order valence-corrected chi connectivity index (χ1v) is 11.9. The number of pyridine rings is 1. The first kappa shape index (κ1) is 23.3. The highest BCUT2D eigenvalue weighted by Crippen LogP contribution is 2.29. The van der Waals surface area contributed by atoms with Gasteiger partial charge >= 0.3 is 0 Å². The number of para-hydroxylation sites is 2. The fraction of sp³-hybridized carbons (Fsp3) is 0.269. The van der Waals surface area contributed by atoms with Gasteiger partial charge in [-0.1, -0.05) is 60.8 Å². The number of nitrogens with zero attached hydrogens (tertiary/aromatic N) is 3. The molecule has 0 spiro atoms. The van der Waals surface area contributed by atoms with Gasteiger partial charge in [-0.05, 0) is 48.4 Å². The van der Waals surface area contributed by atoms with Crippen LogP contribution in [-0.4, -0.2) is 27.0 Å². The normalized spacial score (nSPS) is 12.1. The summed E-state index contributed by atoms with van der Waals surface area (Å²) in [6, 6.07) is 18.8. The minimum absolute atomic E-state index is 0.0145. The van der Waals surface area contributed by atoms with Crippen LogP contribution in [0.15, 0.2) is 66.9 Å². The fourth-order valence-electron chi connectivity index (χ4n) is 4.03. The molecule has 2 aromatic heterocycles. The first-order valence-electron chi connectivity index (χ1n) is 11.1. The van der Waals surface area contributed by atoms with E-state index >= 15 is 0 Å². The van der Waals surface area contributed by atoms with Crippen molar-refractivity contribution < 1.29 is 4.79 Å². The third kappa shape index (κ3) is 5.55. The van der Waals surface area contributed by atoms with E-state index < -0.39 is 0 Å². The maximum atomic E-state index is 13.4. The summed E-state index contributed by atoms with van der Waals surface area (Å²) in [5.74, 6) is 0.790. The summed E-state index contributed by atoms with van der Waals surface area (Å²) in [4.78, 5) is 22.6. The third-order valence-corrected chi connectivity index (χ3v) is 6.20. The number of amides is 1. The van der Waals surface area contributed by atoms with Gasteiger partial charge < -0.3 is 9.88 Å². The molecule has 170 valence electrons. The molecule has 5 nitrogen and oxygen atoms in total. The van der Waals surface area contributed by atoms with Gasteiger partial charge in [-0.3, -0.25) is 9.78 Å². The predicted octanol–water partition coefficient (Wildman–Crippen LogP) is 6.03. The summed E-state index contributed by atoms with van der Waals surface area (Å²) < 4.78 is 2.07. The SMILES string of the molecule is CCC[C@H](C(=O)NCCc1ccccn1)n1c(Cc2ccc(Cl)cc2Cl)nc2ccccc21. The Kier molecular flexibility index (Phi) is 7.63. The zero-order valence-electron chi connectivity index (χ0n) is 18.5. The Hall–Kier alpha value is -2.89. The van der Waals surface area contributed by atoms with E-state index in [0.717, 1.165) is 34.5 Å². The Balaban J connectivity index is 1.63. The summed E-state index contributed by atoms with van der Waals surface area (Å²) >= 11 is 12.5. The maximum Gasteiger partial charge on any atom is 0.243 e. The van der Waals surface area contributed by atoms with E-state index in [2.05, 4.69) is 21.8 Å². The predicted molar refractivity (Wildman–Crippen MR) is 134 cm³/mol. The van der Waals surface area contributed by atoms with Gasteiger partial charge in [-0.25, -0.2) is 4.98 Å². The molecule has 0 unspecified atom stereocenters. The van der Waals surface area contributed by atoms with Gasteiger partial charge in [0.1, 0.15) is 11.9 Å². The van der Waals surface area contributed by atoms with Crippen LogP contribution in [0.1, 0.15) is 42.9 Å². The molecule has 7 heteroatoms. The lowest BCUT2D eigenvalue weighted by atomic mass is 10.1. The number of halogens is 2. The number of hydrogen-bond acceptors (Lipinski definition) is 3. The number of hydrogen-bond donors (Lipinski definition) is 1. The molecule has 4 rings (SSSR count). The Morgan fingerprint density at radius 2 is 1.91 bits per heavy atom. The monoisotopic (exact) mass is 480 g/mol. The Morgan fingerprint density at radius 3 is 2.67 bits per heavy atom. The van der Waals surface area contributed by atoms with Crippen molar-refractivity contribution in [1.29, 1.82) is 0 Å². The first-order chi connectivity index (χ1) is 16.1. The van der Waals surface area contributed by atoms with E-state index in [1.54, 1.807) is 12.3 Å². The second kappa shape index (κ2) is 10.8. The van der Waals surface area contributed by atoms with Crippen molar-refractivity contribution in [3.8, 4) is 0 Å². The highest BCUT2D eigenvalue weighted by molar-refractivity contribution is 6.35. The quantitative estimate of drug-likeness (QED) is 0.318. The molecule has 0 aliphatic carbocycles. The Morgan fingerprint density at radius 1 is 1.09 bits per heavy atom. The zero-order valence-corrected chi connectivity index (χ0v) is 20.0. The second-order valence-corrected chi connectivity index (χ2v) is 8.81. The largest absolute Gasteiger partial charge is 0.354 e. The van der Waals surface area contributed by atoms with Gasteiger partial charge in [-0.2, -0.15) is 0 Å². The number of rotatable bonds is 9. The molecule has 1 atom stereocenters. The lowest BCUT2D eigenvalue weighted by Gasteiger charge is -2.21. The molecule has 1 amide bonds. The molecule has 0 radical (unpaired) electrons. The van der Waals surface area contributed by atoms with Crippen LogP contribution < -0.4 is 5.32 Å². The number of benzene rings is 2. The van der Waals surface area contributed by atoms with Crippen LogP contribution in [0.25, 0.3) is 11.0 Å². The van der Waals surface area contributed by atoms with Crippen LogP contribution in [0.2, 0.25) is 10.0 Å². The number of imidazole rings is 1. The van der Waals surface area contributed by atoms with E-state index in [1.165, 1.54) is 0 Å². The minimum Gasteiger partial charge on any atom is -0.354 e. The van der Waals surface area contributed by atoms with Gasteiger partial charge in [0, 0.05) is 41.3 Å². The van der Waals surface area contributed by atoms with Gasteiger partial charge in [0.15, 0.2) is 0 Å². The number of fused-ring (bicyclic) bond motifs is 1. The molecular formula is C26H26Cl2N4O. The molecule has 0 saturated heterocycles. The van der Waals surface area contributed by atoms with Crippen LogP contribution in [-0.2, 0) is 17.6 Å². The second-order valence-electron chi connectivity index (χ2n) is 7.97. The summed E-state index contributed by atoms with van der Waals surface area (Å²) in [6.07, 6.45) is 4.53. The smallest absolute Gasteiger partial charge is 0.243 e. The van der Waals surface area contributed by atoms with Gasteiger partial charge in [0.2, 0.25) is 5.91 Å². The van der Waals surface area contributed by atoms with Crippen LogP contribution >= 0.6 is 23.2 Å². The summed E-state index contributed by atoms with van der Waals surface area (Å²) in [5, 5.41) is 4.29. The summed E-state index contributed by atoms with van der Waals surface area (Å²) in [5.41, 5.74) is 3.68. The molecule has 0 saturated carbocycles. The molecule has 2 aromatic carbocycles. The van der Waals surface area contributed by atoms with Crippen LogP contribution in [0.3, 0.4) is 0 Å². The van der Waals surface area contributed by atoms with Crippen molar-refractivity contribution in [2.24, 2.45) is 0 Å². The summed E-state index contributed by atoms with van der Waals surface area (Å²) in [7, 11) is 0. The third-order valence-electron chi connectivity index (χ3n) is 5.62. The number of aromatic nitrogens is 3. The fourth-order valence-corrected chi connectivity index (χ4v) is 4.51. The Labute approximate surface area is 203 Å². The molecule has 0 fully saturated rings. The van der Waals surface area contributed by atoms with Crippen molar-refractivity contribution in [1.82, 2.24) is 19.9 Å². The maximum absolute atomic E-state index is 13.4. The minimum atomic E-state index is -0.368. The lowest BCUT2D eigenvalue weighted by Crippen LogP contribution is -2.34. The zero-order chi connectivity index (χ0) is 23.2. The van der Waals surface area contributed by atoms with E-state index in [0.29, 0.717) is 35.9 Å². The number of nitrogens with one attached hydrogen (secondary N) is 1. The molecule has 0 aliphatic rings. The molecule has 0 aliphatic heterocycles. The van der Waals surface area contributed by atoms with Crippen molar-refractivity contribution in [3.05, 3.63) is 94.0 Å². The number of carbonyl (C=O) groups is 1. The van der Waals surface area contributed by atoms with E-state index in [1.807, 2.05) is 54.6 Å². The Bertz CT molecular complexity index is 1240. The van der Waals surface area contributed by atoms with Crippen LogP contribution in [0.5, 0.6) is 0 Å². The van der Waals surface area contributed by atoms with Crippen molar-refractivity contribution in [3.63, 3.8) is 0 Å². The lowest BCUT2D eigenvalue weighted by molar-refractivity contribution is -0.124. The molecule has 2 heterocycles. The van der Waals surface area contributed by atoms with Gasteiger partial charge in [-0.15, -0.1) is 0 Å². The molecule has 4 aromatic rings. The highest BCUT2D eigenvalue weighted by Gasteiger charge is 2.25. The van der Waals surface area contributed by atoms with Crippen LogP contribution in [0.4, 0.5) is 0 Å². The molecule has 0 bridgehead atoms. The average molecular weight is 481 g/mol. The summed E-state index contributed by atoms with van der Waals surface area (Å²) in [6.45, 7) is 2.62. The average Bonchev–Trinajstić information content (AvgIpc) is 3.17. The highest BCUT2D eigenvalue weighted by atomic mass is 35.5. The van der Waals surface area contributed by atoms with E-state index in [4.69, 9.17) is 28.2 Å². The topological polar surface area (TPSA) is 59.8 Å². The van der Waals surface area contributed by atoms with Gasteiger partial charge in [0.25, 0.3) is 0 Å². The van der Waals surface area contributed by atoms with Crippen molar-refractivity contribution in [2.45, 2.75) is 38.6 Å².